The summed E-state index contributed by atoms with van der Waals surface area (Å²) in [5.41, 5.74) is 2.94. The molecule has 0 saturated carbocycles. The summed E-state index contributed by atoms with van der Waals surface area (Å²) in [5, 5.41) is 20.7. The van der Waals surface area contributed by atoms with E-state index in [4.69, 9.17) is 15.1 Å². The molecule has 5 nitrogen and oxygen atoms in total. The van der Waals surface area contributed by atoms with Gasteiger partial charge in [0, 0.05) is 12.1 Å². The Morgan fingerprint density at radius 2 is 2.04 bits per heavy atom. The van der Waals surface area contributed by atoms with Crippen molar-refractivity contribution in [1.82, 2.24) is 5.32 Å². The Morgan fingerprint density at radius 1 is 1.29 bits per heavy atom. The number of ether oxygens (including phenoxy) is 1. The Hall–Kier alpha value is -2.68. The minimum atomic E-state index is -0.346. The number of nitriles is 1. The van der Waals surface area contributed by atoms with Crippen LogP contribution in [0.5, 0.6) is 0 Å². The highest BCUT2D eigenvalue weighted by molar-refractivity contribution is 5.94. The second-order valence-electron chi connectivity index (χ2n) is 5.40. The van der Waals surface area contributed by atoms with Crippen LogP contribution in [-0.4, -0.2) is 30.8 Å². The standard InChI is InChI=1S/C19H20N2O3/c1-14-5-7-16(8-6-14)18(24-10-9-22)13-21-19(23)17-4-2-3-15(11-17)12-20/h2-8,11,18,22H,9-10,13H2,1H3,(H,21,23)/t18-/m0/s1. The minimum Gasteiger partial charge on any atom is -0.394 e. The quantitative estimate of drug-likeness (QED) is 0.819. The molecule has 0 spiro atoms. The van der Waals surface area contributed by atoms with E-state index in [0.29, 0.717) is 11.1 Å². The smallest absolute Gasteiger partial charge is 0.251 e. The molecule has 1 atom stereocenters. The van der Waals surface area contributed by atoms with Gasteiger partial charge in [-0.25, -0.2) is 0 Å². The fourth-order valence-corrected chi connectivity index (χ4v) is 2.27. The van der Waals surface area contributed by atoms with Crippen molar-refractivity contribution in [2.75, 3.05) is 19.8 Å². The van der Waals surface area contributed by atoms with E-state index in [1.165, 1.54) is 0 Å². The molecule has 124 valence electrons. The van der Waals surface area contributed by atoms with Gasteiger partial charge in [-0.1, -0.05) is 35.9 Å². The van der Waals surface area contributed by atoms with E-state index < -0.39 is 0 Å². The number of amides is 1. The Morgan fingerprint density at radius 3 is 2.71 bits per heavy atom. The Balaban J connectivity index is 2.05. The Labute approximate surface area is 141 Å². The summed E-state index contributed by atoms with van der Waals surface area (Å²) in [6.07, 6.45) is -0.346. The van der Waals surface area contributed by atoms with Crippen LogP contribution < -0.4 is 5.32 Å². The first-order chi connectivity index (χ1) is 11.6. The van der Waals surface area contributed by atoms with E-state index in [1.54, 1.807) is 24.3 Å². The van der Waals surface area contributed by atoms with Gasteiger partial charge in [-0.15, -0.1) is 0 Å². The summed E-state index contributed by atoms with van der Waals surface area (Å²) < 4.78 is 5.63. The molecule has 0 aliphatic carbocycles. The van der Waals surface area contributed by atoms with Gasteiger partial charge in [-0.05, 0) is 30.7 Å². The van der Waals surface area contributed by atoms with Gasteiger partial charge in [0.2, 0.25) is 0 Å². The van der Waals surface area contributed by atoms with Crippen molar-refractivity contribution in [1.29, 1.82) is 5.26 Å². The lowest BCUT2D eigenvalue weighted by Crippen LogP contribution is -2.30. The van der Waals surface area contributed by atoms with Gasteiger partial charge in [-0.3, -0.25) is 4.79 Å². The summed E-state index contributed by atoms with van der Waals surface area (Å²) in [6, 6.07) is 16.4. The van der Waals surface area contributed by atoms with Crippen molar-refractivity contribution in [2.45, 2.75) is 13.0 Å². The Bertz CT molecular complexity index is 720. The van der Waals surface area contributed by atoms with Crippen molar-refractivity contribution in [3.05, 3.63) is 70.8 Å². The number of hydrogen-bond donors (Lipinski definition) is 2. The van der Waals surface area contributed by atoms with Gasteiger partial charge in [0.1, 0.15) is 0 Å². The first-order valence-electron chi connectivity index (χ1n) is 7.71. The average Bonchev–Trinajstić information content (AvgIpc) is 2.62. The van der Waals surface area contributed by atoms with E-state index in [0.717, 1.165) is 11.1 Å². The molecule has 0 aliphatic heterocycles. The molecule has 24 heavy (non-hydrogen) atoms. The molecule has 0 saturated heterocycles. The molecule has 2 aromatic carbocycles. The van der Waals surface area contributed by atoms with E-state index in [-0.39, 0.29) is 31.8 Å². The molecular formula is C19H20N2O3. The van der Waals surface area contributed by atoms with E-state index >= 15 is 0 Å². The molecule has 0 radical (unpaired) electrons. The van der Waals surface area contributed by atoms with Gasteiger partial charge < -0.3 is 15.2 Å². The van der Waals surface area contributed by atoms with Crippen LogP contribution in [0.15, 0.2) is 48.5 Å². The lowest BCUT2D eigenvalue weighted by atomic mass is 10.1. The number of benzene rings is 2. The zero-order valence-electron chi connectivity index (χ0n) is 13.5. The van der Waals surface area contributed by atoms with Gasteiger partial charge in [0.05, 0.1) is 31.0 Å². The molecule has 2 aromatic rings. The van der Waals surface area contributed by atoms with Gasteiger partial charge in [-0.2, -0.15) is 5.26 Å². The topological polar surface area (TPSA) is 82.4 Å². The summed E-state index contributed by atoms with van der Waals surface area (Å²) >= 11 is 0. The molecule has 0 heterocycles. The van der Waals surface area contributed by atoms with E-state index in [1.807, 2.05) is 37.3 Å². The molecule has 0 aliphatic rings. The number of rotatable bonds is 7. The van der Waals surface area contributed by atoms with Crippen LogP contribution in [0.1, 0.15) is 33.2 Å². The number of aryl methyl sites for hydroxylation is 1. The molecule has 0 aromatic heterocycles. The van der Waals surface area contributed by atoms with Gasteiger partial charge in [0.15, 0.2) is 0 Å². The first-order valence-corrected chi connectivity index (χ1v) is 7.71. The molecule has 1 amide bonds. The average molecular weight is 324 g/mol. The maximum absolute atomic E-state index is 12.3. The zero-order chi connectivity index (χ0) is 17.4. The number of carbonyl (C=O) groups is 1. The molecule has 2 rings (SSSR count). The zero-order valence-corrected chi connectivity index (χ0v) is 13.5. The monoisotopic (exact) mass is 324 g/mol. The molecule has 5 heteroatoms. The lowest BCUT2D eigenvalue weighted by molar-refractivity contribution is 0.0277. The van der Waals surface area contributed by atoms with Crippen LogP contribution in [0.3, 0.4) is 0 Å². The number of hydrogen-bond acceptors (Lipinski definition) is 4. The summed E-state index contributed by atoms with van der Waals surface area (Å²) in [6.45, 7) is 2.38. The van der Waals surface area contributed by atoms with Crippen LogP contribution >= 0.6 is 0 Å². The number of carbonyl (C=O) groups excluding carboxylic acids is 1. The second kappa shape index (κ2) is 8.82. The number of aliphatic hydroxyl groups excluding tert-OH is 1. The van der Waals surface area contributed by atoms with Crippen molar-refractivity contribution >= 4 is 5.91 Å². The third kappa shape index (κ3) is 4.92. The first kappa shape index (κ1) is 17.7. The second-order valence-corrected chi connectivity index (χ2v) is 5.40. The Kier molecular flexibility index (Phi) is 6.50. The minimum absolute atomic E-state index is 0.0828. The third-order valence-corrected chi connectivity index (χ3v) is 3.56. The molecule has 0 bridgehead atoms. The van der Waals surface area contributed by atoms with Crippen molar-refractivity contribution in [3.8, 4) is 6.07 Å². The van der Waals surface area contributed by atoms with Gasteiger partial charge >= 0.3 is 0 Å². The fraction of sp³-hybridized carbons (Fsp3) is 0.263. The van der Waals surface area contributed by atoms with Gasteiger partial charge in [0.25, 0.3) is 5.91 Å². The highest BCUT2D eigenvalue weighted by Crippen LogP contribution is 2.17. The molecule has 0 unspecified atom stereocenters. The van der Waals surface area contributed by atoms with Crippen LogP contribution in [0.25, 0.3) is 0 Å². The third-order valence-electron chi connectivity index (χ3n) is 3.56. The fourth-order valence-electron chi connectivity index (χ4n) is 2.27. The highest BCUT2D eigenvalue weighted by Gasteiger charge is 2.14. The number of aliphatic hydroxyl groups is 1. The maximum Gasteiger partial charge on any atom is 0.251 e. The van der Waals surface area contributed by atoms with Crippen LogP contribution in [0, 0.1) is 18.3 Å². The summed E-state index contributed by atoms with van der Waals surface area (Å²) in [4.78, 5) is 12.3. The predicted octanol–water partition coefficient (Wildman–Crippen LogP) is 2.35. The van der Waals surface area contributed by atoms with E-state index in [9.17, 15) is 4.79 Å². The van der Waals surface area contributed by atoms with Crippen LogP contribution in [0.2, 0.25) is 0 Å². The van der Waals surface area contributed by atoms with Crippen molar-refractivity contribution < 1.29 is 14.6 Å². The largest absolute Gasteiger partial charge is 0.394 e. The number of nitrogens with zero attached hydrogens (tertiary/aromatic N) is 1. The normalized spacial score (nSPS) is 11.5. The highest BCUT2D eigenvalue weighted by atomic mass is 16.5. The van der Waals surface area contributed by atoms with Crippen molar-refractivity contribution in [3.63, 3.8) is 0 Å². The van der Waals surface area contributed by atoms with Crippen LogP contribution in [0.4, 0.5) is 0 Å². The predicted molar refractivity (Wildman–Crippen MR) is 90.4 cm³/mol. The number of nitrogens with one attached hydrogen (secondary N) is 1. The summed E-state index contributed by atoms with van der Waals surface area (Å²) in [5.74, 6) is -0.267. The van der Waals surface area contributed by atoms with E-state index in [2.05, 4.69) is 5.32 Å². The van der Waals surface area contributed by atoms with Crippen molar-refractivity contribution in [2.24, 2.45) is 0 Å². The SMILES string of the molecule is Cc1ccc([C@H](CNC(=O)c2cccc(C#N)c2)OCCO)cc1. The molecule has 2 N–H and O–H groups in total. The molecular weight excluding hydrogens is 304 g/mol. The lowest BCUT2D eigenvalue weighted by Gasteiger charge is -2.19. The summed E-state index contributed by atoms with van der Waals surface area (Å²) in [7, 11) is 0. The molecule has 0 fully saturated rings. The van der Waals surface area contributed by atoms with Crippen LogP contribution in [-0.2, 0) is 4.74 Å². The maximum atomic E-state index is 12.3.